The number of aryl methyl sites for hydroxylation is 1. The molecule has 0 fully saturated rings. The molecule has 2 N–H and O–H groups in total. The summed E-state index contributed by atoms with van der Waals surface area (Å²) >= 11 is 1.56. The van der Waals surface area contributed by atoms with Crippen molar-refractivity contribution in [2.24, 2.45) is 0 Å². The van der Waals surface area contributed by atoms with Gasteiger partial charge in [-0.3, -0.25) is 4.79 Å². The van der Waals surface area contributed by atoms with Crippen molar-refractivity contribution in [3.63, 3.8) is 0 Å². The zero-order chi connectivity index (χ0) is 20.7. The van der Waals surface area contributed by atoms with E-state index in [-0.39, 0.29) is 23.8 Å². The van der Waals surface area contributed by atoms with Gasteiger partial charge in [-0.05, 0) is 43.3 Å². The van der Waals surface area contributed by atoms with Crippen LogP contribution in [0.4, 0.5) is 5.69 Å². The third-order valence-corrected chi connectivity index (χ3v) is 6.67. The molecule has 0 unspecified atom stereocenters. The Kier molecular flexibility index (Phi) is 7.09. The van der Waals surface area contributed by atoms with Crippen LogP contribution >= 0.6 is 11.8 Å². The number of carbonyl (C=O) groups excluding carboxylic acids is 1. The van der Waals surface area contributed by atoms with E-state index in [0.29, 0.717) is 5.69 Å². The predicted molar refractivity (Wildman–Crippen MR) is 117 cm³/mol. The third kappa shape index (κ3) is 6.19. The first kappa shape index (κ1) is 21.1. The number of benzene rings is 3. The quantitative estimate of drug-likeness (QED) is 0.558. The van der Waals surface area contributed by atoms with Crippen molar-refractivity contribution in [3.8, 4) is 0 Å². The van der Waals surface area contributed by atoms with E-state index in [1.807, 2.05) is 61.5 Å². The van der Waals surface area contributed by atoms with Crippen LogP contribution in [0.5, 0.6) is 0 Å². The Bertz CT molecular complexity index is 1070. The lowest BCUT2D eigenvalue weighted by Gasteiger charge is -2.11. The van der Waals surface area contributed by atoms with Crippen LogP contribution in [-0.4, -0.2) is 20.9 Å². The van der Waals surface area contributed by atoms with Gasteiger partial charge in [0, 0.05) is 22.8 Å². The van der Waals surface area contributed by atoms with Crippen LogP contribution in [0, 0.1) is 6.92 Å². The van der Waals surface area contributed by atoms with Gasteiger partial charge < -0.3 is 5.32 Å². The standard InChI is InChI=1S/C22H22N2O3S2/c1-17-11-13-19(14-12-17)29(26,27)23-16-15-22(25)24-20-9-5-6-10-21(20)28-18-7-3-2-4-8-18/h2-14,23H,15-16H2,1H3,(H,24,25). The van der Waals surface area contributed by atoms with Crippen LogP contribution in [0.3, 0.4) is 0 Å². The SMILES string of the molecule is Cc1ccc(S(=O)(=O)NCCC(=O)Nc2ccccc2Sc2ccccc2)cc1. The summed E-state index contributed by atoms with van der Waals surface area (Å²) in [6.45, 7) is 1.91. The van der Waals surface area contributed by atoms with Gasteiger partial charge in [0.1, 0.15) is 0 Å². The lowest BCUT2D eigenvalue weighted by atomic mass is 10.2. The maximum atomic E-state index is 12.3. The highest BCUT2D eigenvalue weighted by atomic mass is 32.2. The zero-order valence-corrected chi connectivity index (χ0v) is 17.6. The van der Waals surface area contributed by atoms with Gasteiger partial charge in [0.05, 0.1) is 10.6 Å². The molecule has 0 aromatic heterocycles. The molecule has 0 bridgehead atoms. The number of anilines is 1. The molecule has 0 aliphatic carbocycles. The molecule has 0 atom stereocenters. The van der Waals surface area contributed by atoms with Crippen LogP contribution in [-0.2, 0) is 14.8 Å². The van der Waals surface area contributed by atoms with Crippen LogP contribution < -0.4 is 10.0 Å². The van der Waals surface area contributed by atoms with Crippen molar-refractivity contribution in [1.82, 2.24) is 4.72 Å². The van der Waals surface area contributed by atoms with E-state index >= 15 is 0 Å². The Morgan fingerprint density at radius 2 is 1.55 bits per heavy atom. The summed E-state index contributed by atoms with van der Waals surface area (Å²) < 4.78 is 27.1. The molecule has 3 aromatic rings. The Morgan fingerprint density at radius 1 is 0.897 bits per heavy atom. The minimum atomic E-state index is -3.63. The molecule has 1 amide bonds. The molecule has 3 aromatic carbocycles. The predicted octanol–water partition coefficient (Wildman–Crippen LogP) is 4.45. The topological polar surface area (TPSA) is 75.3 Å². The molecule has 0 saturated carbocycles. The summed E-state index contributed by atoms with van der Waals surface area (Å²) in [5, 5.41) is 2.87. The second kappa shape index (κ2) is 9.73. The fourth-order valence-electron chi connectivity index (χ4n) is 2.59. The van der Waals surface area contributed by atoms with Gasteiger partial charge in [0.2, 0.25) is 15.9 Å². The molecule has 150 valence electrons. The van der Waals surface area contributed by atoms with Crippen molar-refractivity contribution >= 4 is 33.4 Å². The van der Waals surface area contributed by atoms with E-state index < -0.39 is 10.0 Å². The van der Waals surface area contributed by atoms with Crippen molar-refractivity contribution in [2.75, 3.05) is 11.9 Å². The molecular formula is C22H22N2O3S2. The summed E-state index contributed by atoms with van der Waals surface area (Å²) in [6, 6.07) is 24.0. The molecule has 0 spiro atoms. The van der Waals surface area contributed by atoms with Crippen LogP contribution in [0.2, 0.25) is 0 Å². The third-order valence-electron chi connectivity index (χ3n) is 4.11. The molecule has 0 aliphatic heterocycles. The van der Waals surface area contributed by atoms with Crippen molar-refractivity contribution in [1.29, 1.82) is 0 Å². The number of carbonyl (C=O) groups is 1. The van der Waals surface area contributed by atoms with Crippen LogP contribution in [0.25, 0.3) is 0 Å². The minimum Gasteiger partial charge on any atom is -0.325 e. The van der Waals surface area contributed by atoms with Crippen LogP contribution in [0.1, 0.15) is 12.0 Å². The van der Waals surface area contributed by atoms with Crippen molar-refractivity contribution in [2.45, 2.75) is 28.0 Å². The normalized spacial score (nSPS) is 11.2. The number of amides is 1. The van der Waals surface area contributed by atoms with Gasteiger partial charge in [-0.15, -0.1) is 0 Å². The molecule has 5 nitrogen and oxygen atoms in total. The number of sulfonamides is 1. The summed E-state index contributed by atoms with van der Waals surface area (Å²) in [5.74, 6) is -0.252. The molecule has 29 heavy (non-hydrogen) atoms. The van der Waals surface area contributed by atoms with E-state index in [1.165, 1.54) is 0 Å². The largest absolute Gasteiger partial charge is 0.325 e. The summed E-state index contributed by atoms with van der Waals surface area (Å²) in [7, 11) is -3.63. The Hall–Kier alpha value is -2.61. The van der Waals surface area contributed by atoms with Gasteiger partial charge >= 0.3 is 0 Å². The van der Waals surface area contributed by atoms with E-state index in [4.69, 9.17) is 0 Å². The highest BCUT2D eigenvalue weighted by Crippen LogP contribution is 2.33. The molecular weight excluding hydrogens is 404 g/mol. The Balaban J connectivity index is 1.57. The van der Waals surface area contributed by atoms with Crippen molar-refractivity contribution in [3.05, 3.63) is 84.4 Å². The molecule has 0 saturated heterocycles. The number of para-hydroxylation sites is 1. The molecule has 0 radical (unpaired) electrons. The monoisotopic (exact) mass is 426 g/mol. The number of nitrogens with one attached hydrogen (secondary N) is 2. The van der Waals surface area contributed by atoms with Gasteiger partial charge in [-0.2, -0.15) is 0 Å². The molecule has 3 rings (SSSR count). The number of rotatable bonds is 8. The summed E-state index contributed by atoms with van der Waals surface area (Å²) in [4.78, 5) is 14.5. The minimum absolute atomic E-state index is 0.0238. The van der Waals surface area contributed by atoms with Gasteiger partial charge in [-0.1, -0.05) is 59.8 Å². The van der Waals surface area contributed by atoms with Gasteiger partial charge in [0.15, 0.2) is 0 Å². The second-order valence-corrected chi connectivity index (χ2v) is 9.30. The highest BCUT2D eigenvalue weighted by molar-refractivity contribution is 7.99. The van der Waals surface area contributed by atoms with Gasteiger partial charge in [-0.25, -0.2) is 13.1 Å². The molecule has 7 heteroatoms. The number of hydrogen-bond donors (Lipinski definition) is 2. The van der Waals surface area contributed by atoms with Gasteiger partial charge in [0.25, 0.3) is 0 Å². The maximum Gasteiger partial charge on any atom is 0.240 e. The average Bonchev–Trinajstić information content (AvgIpc) is 2.70. The second-order valence-electron chi connectivity index (χ2n) is 6.42. The smallest absolute Gasteiger partial charge is 0.240 e. The Morgan fingerprint density at radius 3 is 2.28 bits per heavy atom. The van der Waals surface area contributed by atoms with E-state index in [1.54, 1.807) is 36.0 Å². The summed E-state index contributed by atoms with van der Waals surface area (Å²) in [5.41, 5.74) is 1.68. The fraction of sp³-hybridized carbons (Fsp3) is 0.136. The van der Waals surface area contributed by atoms with E-state index in [2.05, 4.69) is 10.0 Å². The maximum absolute atomic E-state index is 12.3. The van der Waals surface area contributed by atoms with Crippen molar-refractivity contribution < 1.29 is 13.2 Å². The first-order chi connectivity index (χ1) is 13.9. The molecule has 0 heterocycles. The summed E-state index contributed by atoms with van der Waals surface area (Å²) in [6.07, 6.45) is 0.0371. The lowest BCUT2D eigenvalue weighted by molar-refractivity contribution is -0.116. The van der Waals surface area contributed by atoms with E-state index in [9.17, 15) is 13.2 Å². The lowest BCUT2D eigenvalue weighted by Crippen LogP contribution is -2.27. The van der Waals surface area contributed by atoms with E-state index in [0.717, 1.165) is 15.4 Å². The Labute approximate surface area is 175 Å². The van der Waals surface area contributed by atoms with Crippen LogP contribution in [0.15, 0.2) is 93.5 Å². The fourth-order valence-corrected chi connectivity index (χ4v) is 4.54. The first-order valence-corrected chi connectivity index (χ1v) is 11.4. The first-order valence-electron chi connectivity index (χ1n) is 9.12. The number of hydrogen-bond acceptors (Lipinski definition) is 4. The zero-order valence-electron chi connectivity index (χ0n) is 16.0. The highest BCUT2D eigenvalue weighted by Gasteiger charge is 2.14. The molecule has 0 aliphatic rings. The average molecular weight is 427 g/mol.